The van der Waals surface area contributed by atoms with Gasteiger partial charge in [-0.2, -0.15) is 13.5 Å². The fraction of sp³-hybridized carbons (Fsp3) is 0.125. The first-order valence-electron chi connectivity index (χ1n) is 10.8. The fourth-order valence-electron chi connectivity index (χ4n) is 2.89. The molecule has 0 atom stereocenters. The van der Waals surface area contributed by atoms with Crippen molar-refractivity contribution in [3.05, 3.63) is 95.9 Å². The van der Waals surface area contributed by atoms with Gasteiger partial charge in [-0.25, -0.2) is 17.4 Å². The number of fused-ring (bicyclic) bond motifs is 1. The second-order valence-electron chi connectivity index (χ2n) is 7.90. The average molecular weight is 561 g/mol. The smallest absolute Gasteiger partial charge is 0.294 e. The van der Waals surface area contributed by atoms with Crippen LogP contribution in [0.1, 0.15) is 16.8 Å². The summed E-state index contributed by atoms with van der Waals surface area (Å²) in [5.74, 6) is -0.0531. The maximum absolute atomic E-state index is 10.5. The molecule has 0 unspecified atom stereocenters. The van der Waals surface area contributed by atoms with E-state index in [0.717, 1.165) is 22.5 Å². The van der Waals surface area contributed by atoms with Gasteiger partial charge in [0.25, 0.3) is 15.8 Å². The second-order valence-corrected chi connectivity index (χ2v) is 10.7. The van der Waals surface area contributed by atoms with Crippen LogP contribution in [0.2, 0.25) is 0 Å². The maximum atomic E-state index is 10.5. The van der Waals surface area contributed by atoms with Crippen LogP contribution < -0.4 is 15.9 Å². The van der Waals surface area contributed by atoms with Crippen molar-refractivity contribution in [2.24, 2.45) is 28.7 Å². The first-order chi connectivity index (χ1) is 17.7. The minimum Gasteiger partial charge on any atom is -0.744 e. The molecular weight excluding hydrogens is 532 g/mol. The molecule has 0 spiro atoms. The fourth-order valence-corrected chi connectivity index (χ4v) is 3.84. The zero-order valence-electron chi connectivity index (χ0n) is 20.8. The van der Waals surface area contributed by atoms with Crippen LogP contribution in [-0.2, 0) is 27.3 Å². The van der Waals surface area contributed by atoms with E-state index >= 15 is 0 Å². The molecule has 0 saturated heterocycles. The number of nitrogens with zero attached hydrogens (tertiary/aromatic N) is 4. The zero-order chi connectivity index (χ0) is 28.5. The van der Waals surface area contributed by atoms with Gasteiger partial charge in [0, 0.05) is 6.07 Å². The molecule has 0 fully saturated rings. The third-order valence-electron chi connectivity index (χ3n) is 4.86. The van der Waals surface area contributed by atoms with Gasteiger partial charge in [0.2, 0.25) is 5.96 Å². The Morgan fingerprint density at radius 2 is 1.45 bits per heavy atom. The predicted molar refractivity (Wildman–Crippen MR) is 142 cm³/mol. The summed E-state index contributed by atoms with van der Waals surface area (Å²) in [7, 11) is -6.34. The summed E-state index contributed by atoms with van der Waals surface area (Å²) in [6, 6.07) is 17.7. The maximum Gasteiger partial charge on any atom is 0.294 e. The van der Waals surface area contributed by atoms with E-state index in [4.69, 9.17) is 16.0 Å². The Kier molecular flexibility index (Phi) is 10.2. The number of benzene rings is 2. The predicted octanol–water partition coefficient (Wildman–Crippen LogP) is 1.51. The van der Waals surface area contributed by atoms with E-state index in [-0.39, 0.29) is 15.8 Å². The number of hydrogen-bond acceptors (Lipinski definition) is 7. The molecule has 2 heterocycles. The van der Waals surface area contributed by atoms with Crippen molar-refractivity contribution < 1.29 is 30.3 Å². The molecule has 38 heavy (non-hydrogen) atoms. The highest BCUT2D eigenvalue weighted by Gasteiger charge is 2.10. The van der Waals surface area contributed by atoms with Gasteiger partial charge < -0.3 is 16.0 Å². The number of guanidine groups is 1. The molecule has 0 bridgehead atoms. The molecule has 0 aliphatic heterocycles. The van der Waals surface area contributed by atoms with Gasteiger partial charge in [0.15, 0.2) is 5.69 Å². The molecule has 0 aliphatic carbocycles. The number of imidazole rings is 1. The van der Waals surface area contributed by atoms with E-state index in [1.54, 1.807) is 30.5 Å². The second kappa shape index (κ2) is 12.9. The van der Waals surface area contributed by atoms with Crippen molar-refractivity contribution in [1.82, 2.24) is 4.57 Å². The quantitative estimate of drug-likeness (QED) is 0.110. The standard InChI is InChI=1S/C10H13N6.2C7H8O3S/c1-15-8(6-13-14-10(11)12)7-16-5-3-2-4-9(15)16;2*1-6-2-4-7(5-3-6)11(8,9)10/h2-7H,1H3,(H4,11,12,14);2*2-5H,1H3,(H,8,9,10)/q+1;;/p-1. The Bertz CT molecular complexity index is 1570. The van der Waals surface area contributed by atoms with Gasteiger partial charge in [0.1, 0.15) is 22.5 Å². The number of pyridine rings is 1. The third-order valence-corrected chi connectivity index (χ3v) is 6.58. The van der Waals surface area contributed by atoms with Crippen LogP contribution in [0.4, 0.5) is 0 Å². The van der Waals surface area contributed by atoms with E-state index in [0.29, 0.717) is 0 Å². The summed E-state index contributed by atoms with van der Waals surface area (Å²) in [6.07, 6.45) is 5.51. The molecule has 0 saturated carbocycles. The largest absolute Gasteiger partial charge is 0.744 e. The number of aryl methyl sites for hydroxylation is 3. The Morgan fingerprint density at radius 3 is 1.89 bits per heavy atom. The minimum absolute atomic E-state index is 0.0531. The summed E-state index contributed by atoms with van der Waals surface area (Å²) in [5, 5.41) is 7.33. The van der Waals surface area contributed by atoms with Crippen LogP contribution >= 0.6 is 0 Å². The molecule has 14 heteroatoms. The summed E-state index contributed by atoms with van der Waals surface area (Å²) >= 11 is 0. The van der Waals surface area contributed by atoms with Crippen molar-refractivity contribution in [2.75, 3.05) is 0 Å². The normalized spacial score (nSPS) is 11.3. The topological polar surface area (TPSA) is 197 Å². The number of hydrogen-bond donors (Lipinski definition) is 3. The molecule has 4 rings (SSSR count). The SMILES string of the molecule is Cc1ccc(S(=O)(=O)O)cc1.Cc1ccc(S(=O)(=O)[O-])cc1.Cn1c(C=NN=C(N)N)c[n+]2ccccc12. The Balaban J connectivity index is 0.000000206. The van der Waals surface area contributed by atoms with E-state index in [1.807, 2.05) is 60.5 Å². The van der Waals surface area contributed by atoms with Crippen molar-refractivity contribution in [1.29, 1.82) is 0 Å². The minimum atomic E-state index is -4.27. The van der Waals surface area contributed by atoms with Crippen molar-refractivity contribution in [3.8, 4) is 0 Å². The zero-order valence-corrected chi connectivity index (χ0v) is 22.5. The summed E-state index contributed by atoms with van der Waals surface area (Å²) in [4.78, 5) is -0.244. The van der Waals surface area contributed by atoms with E-state index in [1.165, 1.54) is 24.3 Å². The first-order valence-corrected chi connectivity index (χ1v) is 13.7. The van der Waals surface area contributed by atoms with Crippen LogP contribution in [-0.4, -0.2) is 42.7 Å². The van der Waals surface area contributed by atoms with Crippen molar-refractivity contribution in [3.63, 3.8) is 0 Å². The molecule has 0 amide bonds. The molecule has 4 aromatic rings. The van der Waals surface area contributed by atoms with Gasteiger partial charge in [0.05, 0.1) is 23.0 Å². The number of rotatable bonds is 4. The highest BCUT2D eigenvalue weighted by molar-refractivity contribution is 7.86. The van der Waals surface area contributed by atoms with Gasteiger partial charge in [-0.05, 0) is 44.2 Å². The molecular formula is C24H28N6O6S2. The molecule has 5 N–H and O–H groups in total. The third kappa shape index (κ3) is 9.40. The Hall–Kier alpha value is -4.11. The molecule has 12 nitrogen and oxygen atoms in total. The summed E-state index contributed by atoms with van der Waals surface area (Å²) < 4.78 is 64.7. The van der Waals surface area contributed by atoms with Gasteiger partial charge in [-0.3, -0.25) is 4.55 Å². The molecule has 202 valence electrons. The summed E-state index contributed by atoms with van der Waals surface area (Å²) in [6.45, 7) is 3.66. The van der Waals surface area contributed by atoms with Crippen LogP contribution in [0, 0.1) is 13.8 Å². The lowest BCUT2D eigenvalue weighted by Crippen LogP contribution is -2.21. The molecule has 2 aromatic carbocycles. The van der Waals surface area contributed by atoms with Crippen LogP contribution in [0.15, 0.2) is 99.1 Å². The Labute approximate surface area is 221 Å². The average Bonchev–Trinajstić information content (AvgIpc) is 3.15. The number of nitrogens with two attached hydrogens (primary N) is 2. The van der Waals surface area contributed by atoms with Crippen molar-refractivity contribution >= 4 is 38.1 Å². The first kappa shape index (κ1) is 30.1. The monoisotopic (exact) mass is 560 g/mol. The molecule has 0 aliphatic rings. The molecule has 2 aromatic heterocycles. The highest BCUT2D eigenvalue weighted by Crippen LogP contribution is 2.09. The lowest BCUT2D eigenvalue weighted by Gasteiger charge is -2.05. The van der Waals surface area contributed by atoms with E-state index < -0.39 is 20.2 Å². The lowest BCUT2D eigenvalue weighted by atomic mass is 10.2. The lowest BCUT2D eigenvalue weighted by molar-refractivity contribution is -0.510. The van der Waals surface area contributed by atoms with Gasteiger partial charge in [-0.1, -0.05) is 41.5 Å². The summed E-state index contributed by atoms with van der Waals surface area (Å²) in [5.41, 5.74) is 14.2. The highest BCUT2D eigenvalue weighted by atomic mass is 32.2. The molecule has 0 radical (unpaired) electrons. The van der Waals surface area contributed by atoms with Crippen LogP contribution in [0.3, 0.4) is 0 Å². The van der Waals surface area contributed by atoms with Crippen LogP contribution in [0.5, 0.6) is 0 Å². The Morgan fingerprint density at radius 1 is 0.921 bits per heavy atom. The van der Waals surface area contributed by atoms with Gasteiger partial charge in [-0.15, -0.1) is 5.10 Å². The van der Waals surface area contributed by atoms with Crippen molar-refractivity contribution in [2.45, 2.75) is 23.6 Å². The van der Waals surface area contributed by atoms with E-state index in [9.17, 15) is 21.4 Å². The van der Waals surface area contributed by atoms with Crippen LogP contribution in [0.25, 0.3) is 5.65 Å². The van der Waals surface area contributed by atoms with E-state index in [2.05, 4.69) is 10.2 Å². The number of aromatic nitrogens is 2. The van der Waals surface area contributed by atoms with Gasteiger partial charge >= 0.3 is 0 Å².